The molecule has 1 heterocycles. The minimum atomic E-state index is -0.673. The molecule has 0 unspecified atom stereocenters. The predicted octanol–water partition coefficient (Wildman–Crippen LogP) is 2.68. The average Bonchev–Trinajstić information content (AvgIpc) is 2.97. The third-order valence-electron chi connectivity index (χ3n) is 4.78. The third-order valence-corrected chi connectivity index (χ3v) is 4.78. The van der Waals surface area contributed by atoms with Crippen molar-refractivity contribution in [2.75, 3.05) is 34.3 Å². The minimum Gasteiger partial charge on any atom is -0.507 e. The summed E-state index contributed by atoms with van der Waals surface area (Å²) in [6, 6.07) is 15.4. The zero-order valence-corrected chi connectivity index (χ0v) is 16.3. The van der Waals surface area contributed by atoms with Crippen LogP contribution in [-0.4, -0.2) is 60.9 Å². The molecule has 2 aromatic rings. The van der Waals surface area contributed by atoms with Gasteiger partial charge < -0.3 is 19.6 Å². The van der Waals surface area contributed by atoms with Gasteiger partial charge in [0.05, 0.1) is 18.7 Å². The molecule has 28 heavy (non-hydrogen) atoms. The lowest BCUT2D eigenvalue weighted by Gasteiger charge is -2.26. The van der Waals surface area contributed by atoms with Gasteiger partial charge in [0.25, 0.3) is 11.7 Å². The SMILES string of the molecule is COc1cccc([C@@H]2/C(=C(\O)c3ccccc3)C(=O)C(=O)N2CCN(C)C)c1. The van der Waals surface area contributed by atoms with E-state index in [0.717, 1.165) is 5.56 Å². The summed E-state index contributed by atoms with van der Waals surface area (Å²) in [6.07, 6.45) is 0. The van der Waals surface area contributed by atoms with E-state index in [4.69, 9.17) is 4.74 Å². The second kappa shape index (κ2) is 8.27. The number of hydrogen-bond donors (Lipinski definition) is 1. The smallest absolute Gasteiger partial charge is 0.295 e. The van der Waals surface area contributed by atoms with Crippen LogP contribution in [0.5, 0.6) is 5.75 Å². The summed E-state index contributed by atoms with van der Waals surface area (Å²) in [6.45, 7) is 0.962. The lowest BCUT2D eigenvalue weighted by atomic mass is 9.95. The highest BCUT2D eigenvalue weighted by molar-refractivity contribution is 6.46. The fourth-order valence-electron chi connectivity index (χ4n) is 3.33. The second-order valence-corrected chi connectivity index (χ2v) is 6.94. The van der Waals surface area contributed by atoms with Crippen LogP contribution in [-0.2, 0) is 9.59 Å². The van der Waals surface area contributed by atoms with Gasteiger partial charge in [-0.25, -0.2) is 0 Å². The van der Waals surface area contributed by atoms with Crippen molar-refractivity contribution in [2.45, 2.75) is 6.04 Å². The van der Waals surface area contributed by atoms with Crippen molar-refractivity contribution < 1.29 is 19.4 Å². The molecule has 1 amide bonds. The number of carbonyl (C=O) groups excluding carboxylic acids is 2. The maximum Gasteiger partial charge on any atom is 0.295 e. The summed E-state index contributed by atoms with van der Waals surface area (Å²) in [4.78, 5) is 29.1. The summed E-state index contributed by atoms with van der Waals surface area (Å²) in [5.41, 5.74) is 1.32. The maximum atomic E-state index is 12.9. The average molecular weight is 380 g/mol. The van der Waals surface area contributed by atoms with Crippen molar-refractivity contribution in [2.24, 2.45) is 0 Å². The molecule has 3 rings (SSSR count). The van der Waals surface area contributed by atoms with Crippen LogP contribution in [0.15, 0.2) is 60.2 Å². The Kier molecular flexibility index (Phi) is 5.80. The highest BCUT2D eigenvalue weighted by atomic mass is 16.5. The minimum absolute atomic E-state index is 0.100. The normalized spacial score (nSPS) is 18.7. The number of methoxy groups -OCH3 is 1. The molecule has 0 radical (unpaired) electrons. The zero-order chi connectivity index (χ0) is 20.3. The van der Waals surface area contributed by atoms with E-state index < -0.39 is 17.7 Å². The van der Waals surface area contributed by atoms with E-state index >= 15 is 0 Å². The van der Waals surface area contributed by atoms with Crippen LogP contribution >= 0.6 is 0 Å². The molecule has 0 aliphatic carbocycles. The molecule has 1 N–H and O–H groups in total. The Morgan fingerprint density at radius 2 is 1.82 bits per heavy atom. The summed E-state index contributed by atoms with van der Waals surface area (Å²) < 4.78 is 5.31. The Morgan fingerprint density at radius 3 is 2.46 bits per heavy atom. The number of aliphatic hydroxyl groups excluding tert-OH is 1. The molecule has 0 aromatic heterocycles. The van der Waals surface area contributed by atoms with Gasteiger partial charge in [0.2, 0.25) is 0 Å². The Bertz CT molecular complexity index is 906. The Morgan fingerprint density at radius 1 is 1.11 bits per heavy atom. The number of amides is 1. The first-order valence-corrected chi connectivity index (χ1v) is 9.06. The molecule has 6 nitrogen and oxygen atoms in total. The van der Waals surface area contributed by atoms with E-state index in [2.05, 4.69) is 0 Å². The van der Waals surface area contributed by atoms with Crippen molar-refractivity contribution in [3.63, 3.8) is 0 Å². The quantitative estimate of drug-likeness (QED) is 0.474. The number of nitrogens with zero attached hydrogens (tertiary/aromatic N) is 2. The number of likely N-dealkylation sites (tertiary alicyclic amines) is 1. The summed E-state index contributed by atoms with van der Waals surface area (Å²) in [5, 5.41) is 10.9. The van der Waals surface area contributed by atoms with Crippen molar-refractivity contribution in [3.05, 3.63) is 71.3 Å². The molecule has 1 atom stereocenters. The number of rotatable bonds is 6. The van der Waals surface area contributed by atoms with Crippen molar-refractivity contribution in [3.8, 4) is 5.75 Å². The van der Waals surface area contributed by atoms with Crippen LogP contribution in [0.4, 0.5) is 0 Å². The monoisotopic (exact) mass is 380 g/mol. The first-order chi connectivity index (χ1) is 13.4. The molecule has 2 aromatic carbocycles. The van der Waals surface area contributed by atoms with Crippen LogP contribution in [0.1, 0.15) is 17.2 Å². The highest BCUT2D eigenvalue weighted by Crippen LogP contribution is 2.40. The Hall–Kier alpha value is -3.12. The van der Waals surface area contributed by atoms with Gasteiger partial charge in [-0.3, -0.25) is 9.59 Å². The number of carbonyl (C=O) groups is 2. The topological polar surface area (TPSA) is 70.1 Å². The van der Waals surface area contributed by atoms with Gasteiger partial charge >= 0.3 is 0 Å². The summed E-state index contributed by atoms with van der Waals surface area (Å²) in [5.74, 6) is -0.824. The fraction of sp³-hybridized carbons (Fsp3) is 0.273. The van der Waals surface area contributed by atoms with Crippen LogP contribution in [0.2, 0.25) is 0 Å². The molecule has 1 fully saturated rings. The zero-order valence-electron chi connectivity index (χ0n) is 16.3. The molecule has 1 aliphatic heterocycles. The fourth-order valence-corrected chi connectivity index (χ4v) is 3.33. The Balaban J connectivity index is 2.15. The van der Waals surface area contributed by atoms with Gasteiger partial charge in [0.1, 0.15) is 11.5 Å². The van der Waals surface area contributed by atoms with Crippen molar-refractivity contribution in [1.82, 2.24) is 9.80 Å². The van der Waals surface area contributed by atoms with Gasteiger partial charge in [0.15, 0.2) is 0 Å². The largest absolute Gasteiger partial charge is 0.507 e. The molecular formula is C22H24N2O4. The van der Waals surface area contributed by atoms with E-state index in [1.807, 2.05) is 37.2 Å². The molecule has 146 valence electrons. The molecule has 0 spiro atoms. The lowest BCUT2D eigenvalue weighted by molar-refractivity contribution is -0.140. The highest BCUT2D eigenvalue weighted by Gasteiger charge is 2.45. The number of likely N-dealkylation sites (N-methyl/N-ethyl adjacent to an activating group) is 1. The standard InChI is InChI=1S/C22H24N2O4/c1-23(2)12-13-24-19(16-10-7-11-17(14-16)28-3)18(21(26)22(24)27)20(25)15-8-5-4-6-9-15/h4-11,14,19,25H,12-13H2,1-3H3/b20-18+/t19-/m1/s1. The number of hydrogen-bond acceptors (Lipinski definition) is 5. The first-order valence-electron chi connectivity index (χ1n) is 9.06. The van der Waals surface area contributed by atoms with Gasteiger partial charge in [-0.15, -0.1) is 0 Å². The second-order valence-electron chi connectivity index (χ2n) is 6.94. The number of ketones is 1. The van der Waals surface area contributed by atoms with Gasteiger partial charge in [-0.2, -0.15) is 0 Å². The van der Waals surface area contributed by atoms with Crippen molar-refractivity contribution >= 4 is 17.4 Å². The van der Waals surface area contributed by atoms with Gasteiger partial charge in [0, 0.05) is 18.7 Å². The maximum absolute atomic E-state index is 12.9. The molecule has 1 saturated heterocycles. The third kappa shape index (κ3) is 3.77. The van der Waals surface area contributed by atoms with Crippen LogP contribution < -0.4 is 4.74 Å². The van der Waals surface area contributed by atoms with E-state index in [1.165, 1.54) is 4.90 Å². The first kappa shape index (κ1) is 19.6. The van der Waals surface area contributed by atoms with Crippen LogP contribution in [0.25, 0.3) is 5.76 Å². The van der Waals surface area contributed by atoms with Crippen LogP contribution in [0.3, 0.4) is 0 Å². The molecule has 0 saturated carbocycles. The summed E-state index contributed by atoms with van der Waals surface area (Å²) in [7, 11) is 5.37. The van der Waals surface area contributed by atoms with Gasteiger partial charge in [-0.1, -0.05) is 42.5 Å². The number of aliphatic hydroxyl groups is 1. The van der Waals surface area contributed by atoms with E-state index in [9.17, 15) is 14.7 Å². The molecular weight excluding hydrogens is 356 g/mol. The molecule has 1 aliphatic rings. The molecule has 6 heteroatoms. The Labute approximate surface area is 164 Å². The number of Topliss-reactive ketones (excluding diaryl/α,β-unsaturated/α-hetero) is 1. The van der Waals surface area contributed by atoms with E-state index in [1.54, 1.807) is 43.5 Å². The van der Waals surface area contributed by atoms with Crippen LogP contribution in [0, 0.1) is 0 Å². The summed E-state index contributed by atoms with van der Waals surface area (Å²) >= 11 is 0. The predicted molar refractivity (Wildman–Crippen MR) is 107 cm³/mol. The van der Waals surface area contributed by atoms with Gasteiger partial charge in [-0.05, 0) is 31.8 Å². The molecule has 0 bridgehead atoms. The number of ether oxygens (including phenoxy) is 1. The number of benzene rings is 2. The lowest BCUT2D eigenvalue weighted by Crippen LogP contribution is -2.35. The van der Waals surface area contributed by atoms with E-state index in [0.29, 0.717) is 24.4 Å². The van der Waals surface area contributed by atoms with Crippen molar-refractivity contribution in [1.29, 1.82) is 0 Å². The van der Waals surface area contributed by atoms with E-state index in [-0.39, 0.29) is 11.3 Å².